The molecule has 1 aromatic carbocycles. The molecule has 2 heterocycles. The zero-order valence-corrected chi connectivity index (χ0v) is 11.1. The molecule has 1 saturated heterocycles. The highest BCUT2D eigenvalue weighted by atomic mass is 35.5. The number of amides is 1. The van der Waals surface area contributed by atoms with Gasteiger partial charge in [-0.25, -0.2) is 0 Å². The Hall–Kier alpha value is -1.52. The van der Waals surface area contributed by atoms with Crippen LogP contribution in [0, 0.1) is 0 Å². The maximum Gasteiger partial charge on any atom is 0.289 e. The third-order valence-corrected chi connectivity index (χ3v) is 3.77. The van der Waals surface area contributed by atoms with Crippen molar-refractivity contribution in [1.82, 2.24) is 4.90 Å². The Morgan fingerprint density at radius 3 is 3.11 bits per heavy atom. The highest BCUT2D eigenvalue weighted by Gasteiger charge is 2.30. The molecule has 4 nitrogen and oxygen atoms in total. The minimum Gasteiger partial charge on any atom is -0.451 e. The fourth-order valence-electron chi connectivity index (χ4n) is 2.55. The average molecular weight is 280 g/mol. The SMILES string of the molecule is O=C(c1cc2cc(Cl)ccc2o1)N1CCC[C@@H]1CO. The third-order valence-electron chi connectivity index (χ3n) is 3.54. The van der Waals surface area contributed by atoms with Gasteiger partial charge in [0.15, 0.2) is 5.76 Å². The number of hydrogen-bond donors (Lipinski definition) is 1. The summed E-state index contributed by atoms with van der Waals surface area (Å²) in [4.78, 5) is 14.0. The van der Waals surface area contributed by atoms with E-state index in [4.69, 9.17) is 16.0 Å². The summed E-state index contributed by atoms with van der Waals surface area (Å²) in [6.45, 7) is 0.666. The van der Waals surface area contributed by atoms with E-state index in [0.717, 1.165) is 18.2 Å². The number of fused-ring (bicyclic) bond motifs is 1. The van der Waals surface area contributed by atoms with E-state index in [9.17, 15) is 9.90 Å². The Morgan fingerprint density at radius 1 is 1.47 bits per heavy atom. The van der Waals surface area contributed by atoms with Gasteiger partial charge >= 0.3 is 0 Å². The van der Waals surface area contributed by atoms with Crippen LogP contribution in [-0.4, -0.2) is 35.1 Å². The highest BCUT2D eigenvalue weighted by Crippen LogP contribution is 2.26. The smallest absolute Gasteiger partial charge is 0.289 e. The predicted molar refractivity (Wildman–Crippen MR) is 72.4 cm³/mol. The van der Waals surface area contributed by atoms with Gasteiger partial charge in [0.1, 0.15) is 5.58 Å². The van der Waals surface area contributed by atoms with E-state index in [1.165, 1.54) is 0 Å². The van der Waals surface area contributed by atoms with Crippen LogP contribution < -0.4 is 0 Å². The lowest BCUT2D eigenvalue weighted by molar-refractivity contribution is 0.0648. The molecule has 1 N–H and O–H groups in total. The molecule has 1 aromatic heterocycles. The summed E-state index contributed by atoms with van der Waals surface area (Å²) in [5.41, 5.74) is 0.646. The van der Waals surface area contributed by atoms with Gasteiger partial charge in [-0.2, -0.15) is 0 Å². The van der Waals surface area contributed by atoms with Gasteiger partial charge in [-0.05, 0) is 37.1 Å². The number of aliphatic hydroxyl groups excluding tert-OH is 1. The molecule has 100 valence electrons. The first kappa shape index (κ1) is 12.5. The normalized spacial score (nSPS) is 19.3. The minimum atomic E-state index is -0.163. The Morgan fingerprint density at radius 2 is 2.32 bits per heavy atom. The van der Waals surface area contributed by atoms with Gasteiger partial charge in [0.25, 0.3) is 5.91 Å². The Balaban J connectivity index is 1.93. The molecule has 1 fully saturated rings. The molecule has 1 aliphatic rings. The summed E-state index contributed by atoms with van der Waals surface area (Å²) in [6, 6.07) is 6.86. The van der Waals surface area contributed by atoms with Crippen molar-refractivity contribution in [1.29, 1.82) is 0 Å². The standard InChI is InChI=1S/C14H14ClNO3/c15-10-3-4-12-9(6-10)7-13(19-12)14(18)16-5-1-2-11(16)8-17/h3-4,6-7,11,17H,1-2,5,8H2/t11-/m1/s1. The molecular weight excluding hydrogens is 266 g/mol. The molecule has 3 rings (SSSR count). The average Bonchev–Trinajstić information content (AvgIpc) is 3.03. The molecule has 0 spiro atoms. The van der Waals surface area contributed by atoms with Gasteiger partial charge in [-0.3, -0.25) is 4.79 Å². The number of carbonyl (C=O) groups is 1. The first-order valence-corrected chi connectivity index (χ1v) is 6.68. The molecule has 1 amide bonds. The summed E-state index contributed by atoms with van der Waals surface area (Å²) in [5, 5.41) is 10.7. The molecule has 0 radical (unpaired) electrons. The second-order valence-corrected chi connectivity index (χ2v) is 5.21. The van der Waals surface area contributed by atoms with Crippen LogP contribution in [0.3, 0.4) is 0 Å². The minimum absolute atomic E-state index is 0.00219. The fourth-order valence-corrected chi connectivity index (χ4v) is 2.73. The molecule has 1 atom stereocenters. The summed E-state index contributed by atoms with van der Waals surface area (Å²) in [6.07, 6.45) is 1.76. The van der Waals surface area contributed by atoms with Crippen LogP contribution in [-0.2, 0) is 0 Å². The van der Waals surface area contributed by atoms with E-state index < -0.39 is 0 Å². The maximum atomic E-state index is 12.4. The largest absolute Gasteiger partial charge is 0.451 e. The lowest BCUT2D eigenvalue weighted by atomic mass is 10.2. The number of aliphatic hydroxyl groups is 1. The zero-order valence-electron chi connectivity index (χ0n) is 10.3. The van der Waals surface area contributed by atoms with Crippen LogP contribution in [0.5, 0.6) is 0 Å². The number of nitrogens with zero attached hydrogens (tertiary/aromatic N) is 1. The molecule has 19 heavy (non-hydrogen) atoms. The second-order valence-electron chi connectivity index (χ2n) is 4.77. The molecule has 0 saturated carbocycles. The molecule has 0 unspecified atom stereocenters. The number of hydrogen-bond acceptors (Lipinski definition) is 3. The second kappa shape index (κ2) is 4.87. The number of carbonyl (C=O) groups excluding carboxylic acids is 1. The van der Waals surface area contributed by atoms with Crippen LogP contribution in [0.15, 0.2) is 28.7 Å². The first-order valence-electron chi connectivity index (χ1n) is 6.30. The topological polar surface area (TPSA) is 53.7 Å². The Bertz CT molecular complexity index is 622. The maximum absolute atomic E-state index is 12.4. The van der Waals surface area contributed by atoms with E-state index in [1.807, 2.05) is 0 Å². The molecule has 1 aliphatic heterocycles. The van der Waals surface area contributed by atoms with Crippen LogP contribution in [0.25, 0.3) is 11.0 Å². The first-order chi connectivity index (χ1) is 9.19. The third kappa shape index (κ3) is 2.22. The summed E-state index contributed by atoms with van der Waals surface area (Å²) in [5.74, 6) is 0.140. The van der Waals surface area contributed by atoms with Crippen molar-refractivity contribution < 1.29 is 14.3 Å². The monoisotopic (exact) mass is 279 g/mol. The molecule has 0 bridgehead atoms. The van der Waals surface area contributed by atoms with E-state index in [-0.39, 0.29) is 18.6 Å². The van der Waals surface area contributed by atoms with Crippen LogP contribution in [0.1, 0.15) is 23.4 Å². The quantitative estimate of drug-likeness (QED) is 0.919. The van der Waals surface area contributed by atoms with Crippen LogP contribution in [0.4, 0.5) is 0 Å². The lowest BCUT2D eigenvalue weighted by Crippen LogP contribution is -2.37. The van der Waals surface area contributed by atoms with Crippen LogP contribution in [0.2, 0.25) is 5.02 Å². The summed E-state index contributed by atoms with van der Waals surface area (Å²) in [7, 11) is 0. The fraction of sp³-hybridized carbons (Fsp3) is 0.357. The number of likely N-dealkylation sites (tertiary alicyclic amines) is 1. The van der Waals surface area contributed by atoms with Crippen molar-refractivity contribution in [3.8, 4) is 0 Å². The van der Waals surface area contributed by atoms with Gasteiger partial charge in [0.05, 0.1) is 12.6 Å². The van der Waals surface area contributed by atoms with Gasteiger partial charge in [0, 0.05) is 17.0 Å². The van der Waals surface area contributed by atoms with Crippen molar-refractivity contribution in [2.75, 3.05) is 13.2 Å². The van der Waals surface area contributed by atoms with Crippen molar-refractivity contribution in [2.24, 2.45) is 0 Å². The van der Waals surface area contributed by atoms with Crippen molar-refractivity contribution in [3.05, 3.63) is 35.0 Å². The van der Waals surface area contributed by atoms with Gasteiger partial charge in [-0.1, -0.05) is 11.6 Å². The zero-order chi connectivity index (χ0) is 13.4. The van der Waals surface area contributed by atoms with Crippen molar-refractivity contribution in [2.45, 2.75) is 18.9 Å². The van der Waals surface area contributed by atoms with Gasteiger partial charge in [0.2, 0.25) is 0 Å². The van der Waals surface area contributed by atoms with Gasteiger partial charge < -0.3 is 14.4 Å². The number of rotatable bonds is 2. The predicted octanol–water partition coefficient (Wildman–Crippen LogP) is 2.68. The number of halogens is 1. The van der Waals surface area contributed by atoms with E-state index >= 15 is 0 Å². The van der Waals surface area contributed by atoms with E-state index in [0.29, 0.717) is 22.9 Å². The van der Waals surface area contributed by atoms with Crippen LogP contribution >= 0.6 is 11.6 Å². The highest BCUT2D eigenvalue weighted by molar-refractivity contribution is 6.31. The Labute approximate surface area is 115 Å². The van der Waals surface area contributed by atoms with E-state index in [2.05, 4.69) is 0 Å². The number of benzene rings is 1. The van der Waals surface area contributed by atoms with Crippen molar-refractivity contribution in [3.63, 3.8) is 0 Å². The molecule has 0 aliphatic carbocycles. The Kier molecular flexibility index (Phi) is 3.21. The number of furan rings is 1. The molecular formula is C14H14ClNO3. The molecule has 5 heteroatoms. The summed E-state index contributed by atoms with van der Waals surface area (Å²) >= 11 is 5.91. The van der Waals surface area contributed by atoms with Gasteiger partial charge in [-0.15, -0.1) is 0 Å². The molecule has 2 aromatic rings. The van der Waals surface area contributed by atoms with E-state index in [1.54, 1.807) is 29.2 Å². The van der Waals surface area contributed by atoms with Crippen molar-refractivity contribution >= 4 is 28.5 Å². The lowest BCUT2D eigenvalue weighted by Gasteiger charge is -2.21. The summed E-state index contributed by atoms with van der Waals surface area (Å²) < 4.78 is 5.56.